The number of benzene rings is 4. The van der Waals surface area contributed by atoms with Crippen LogP contribution in [0, 0.1) is 5.82 Å². The summed E-state index contributed by atoms with van der Waals surface area (Å²) in [7, 11) is -7.20. The molecule has 0 saturated carbocycles. The van der Waals surface area contributed by atoms with Gasteiger partial charge in [-0.05, 0) is 120 Å². The van der Waals surface area contributed by atoms with Gasteiger partial charge in [0.2, 0.25) is 10.0 Å². The van der Waals surface area contributed by atoms with Crippen LogP contribution in [0.2, 0.25) is 5.02 Å². The molecule has 4 aromatic rings. The van der Waals surface area contributed by atoms with Crippen molar-refractivity contribution in [1.82, 2.24) is 4.72 Å². The number of nitrogens with two attached hydrogens (primary N) is 1. The van der Waals surface area contributed by atoms with Gasteiger partial charge in [-0.2, -0.15) is 0 Å². The second-order valence-electron chi connectivity index (χ2n) is 10.6. The van der Waals surface area contributed by atoms with E-state index in [1.165, 1.54) is 35.4 Å². The zero-order valence-electron chi connectivity index (χ0n) is 23.8. The molecule has 44 heavy (non-hydrogen) atoms. The van der Waals surface area contributed by atoms with Gasteiger partial charge in [0.25, 0.3) is 10.0 Å². The monoisotopic (exact) mass is 650 g/mol. The molecule has 0 saturated heterocycles. The number of primary sulfonamides is 1. The van der Waals surface area contributed by atoms with Crippen molar-refractivity contribution in [2.24, 2.45) is 5.14 Å². The Morgan fingerprint density at radius 3 is 1.64 bits per heavy atom. The van der Waals surface area contributed by atoms with Crippen molar-refractivity contribution in [2.75, 3.05) is 0 Å². The molecule has 0 unspecified atom stereocenters. The summed E-state index contributed by atoms with van der Waals surface area (Å²) in [6.07, 6.45) is 5.47. The average molecular weight is 651 g/mol. The Hall–Kier alpha value is -3.76. The molecule has 6 rings (SSSR count). The fourth-order valence-corrected chi connectivity index (χ4v) is 7.35. The first-order valence-corrected chi connectivity index (χ1v) is 17.6. The summed E-state index contributed by atoms with van der Waals surface area (Å²) < 4.78 is 63.4. The molecular formula is C34H32ClFN2O4S2. The van der Waals surface area contributed by atoms with Gasteiger partial charge < -0.3 is 0 Å². The van der Waals surface area contributed by atoms with Crippen molar-refractivity contribution in [3.63, 3.8) is 0 Å². The van der Waals surface area contributed by atoms with E-state index in [0.29, 0.717) is 5.02 Å². The van der Waals surface area contributed by atoms with Gasteiger partial charge in [-0.3, -0.25) is 4.72 Å². The van der Waals surface area contributed by atoms with Crippen LogP contribution in [0.15, 0.2) is 119 Å². The standard InChI is InChI=1S/C17H16ClNO2S.C17H16FNO2S/c18-14-11-9-13(10-12-14)16-7-4-8-17(16)19-22(20,21)15-5-2-1-3-6-15;18-14-8-4-12(5-9-14)16-2-1-3-17(16)13-6-10-15(11-7-13)22(19,20)21/h1-3,5-6,9-12,19H,4,7-8H2;4-11H,1-3H2,(H2,19,20,21). The average Bonchev–Trinajstić information content (AvgIpc) is 3.68. The minimum atomic E-state index is -3.67. The van der Waals surface area contributed by atoms with Gasteiger partial charge in [0, 0.05) is 10.7 Å². The van der Waals surface area contributed by atoms with Crippen LogP contribution in [0.3, 0.4) is 0 Å². The van der Waals surface area contributed by atoms with Crippen molar-refractivity contribution in [3.05, 3.63) is 136 Å². The van der Waals surface area contributed by atoms with Crippen molar-refractivity contribution < 1.29 is 21.2 Å². The number of hydrogen-bond donors (Lipinski definition) is 2. The Balaban J connectivity index is 0.000000175. The van der Waals surface area contributed by atoms with Crippen molar-refractivity contribution in [2.45, 2.75) is 48.3 Å². The highest BCUT2D eigenvalue weighted by Gasteiger charge is 2.22. The lowest BCUT2D eigenvalue weighted by molar-refractivity contribution is 0.587. The Kier molecular flexibility index (Phi) is 9.70. The van der Waals surface area contributed by atoms with Crippen LogP contribution < -0.4 is 9.86 Å². The third-order valence-electron chi connectivity index (χ3n) is 7.66. The zero-order chi connectivity index (χ0) is 31.3. The van der Waals surface area contributed by atoms with Crippen molar-refractivity contribution in [3.8, 4) is 0 Å². The molecule has 0 heterocycles. The molecule has 4 aromatic carbocycles. The fraction of sp³-hybridized carbons (Fsp3) is 0.176. The summed E-state index contributed by atoms with van der Waals surface area (Å²) in [6, 6.07) is 29.1. The number of halogens is 2. The third-order valence-corrected chi connectivity index (χ3v) is 10.3. The maximum atomic E-state index is 13.1. The normalized spacial score (nSPS) is 15.2. The Labute approximate surface area is 263 Å². The number of hydrogen-bond acceptors (Lipinski definition) is 4. The summed E-state index contributed by atoms with van der Waals surface area (Å²) >= 11 is 5.91. The van der Waals surface area contributed by atoms with Crippen LogP contribution in [0.5, 0.6) is 0 Å². The molecule has 0 aliphatic heterocycles. The molecule has 228 valence electrons. The Bertz CT molecular complexity index is 1910. The van der Waals surface area contributed by atoms with Gasteiger partial charge in [0.15, 0.2) is 0 Å². The topological polar surface area (TPSA) is 106 Å². The van der Waals surface area contributed by atoms with Crippen LogP contribution in [-0.4, -0.2) is 16.8 Å². The molecule has 2 aliphatic rings. The molecule has 6 nitrogen and oxygen atoms in total. The van der Waals surface area contributed by atoms with E-state index in [-0.39, 0.29) is 15.6 Å². The minimum Gasteiger partial charge on any atom is -0.283 e. The largest absolute Gasteiger partial charge is 0.283 e. The second kappa shape index (κ2) is 13.5. The van der Waals surface area contributed by atoms with Crippen LogP contribution in [0.1, 0.15) is 55.2 Å². The van der Waals surface area contributed by atoms with E-state index in [2.05, 4.69) is 4.72 Å². The maximum Gasteiger partial charge on any atom is 0.261 e. The van der Waals surface area contributed by atoms with Crippen LogP contribution in [0.25, 0.3) is 16.7 Å². The number of allylic oxidation sites excluding steroid dienone is 4. The summed E-state index contributed by atoms with van der Waals surface area (Å²) in [5.74, 6) is -0.249. The first kappa shape index (κ1) is 31.7. The number of sulfonamides is 2. The summed E-state index contributed by atoms with van der Waals surface area (Å²) in [5.41, 5.74) is 7.25. The van der Waals surface area contributed by atoms with Crippen LogP contribution in [0.4, 0.5) is 4.39 Å². The molecule has 0 aromatic heterocycles. The van der Waals surface area contributed by atoms with E-state index >= 15 is 0 Å². The van der Waals surface area contributed by atoms with E-state index in [4.69, 9.17) is 16.7 Å². The number of rotatable bonds is 7. The van der Waals surface area contributed by atoms with Gasteiger partial charge >= 0.3 is 0 Å². The second-order valence-corrected chi connectivity index (χ2v) is 14.3. The lowest BCUT2D eigenvalue weighted by atomic mass is 9.97. The van der Waals surface area contributed by atoms with Crippen LogP contribution >= 0.6 is 11.6 Å². The Morgan fingerprint density at radius 2 is 1.07 bits per heavy atom. The van der Waals surface area contributed by atoms with Crippen molar-refractivity contribution >= 4 is 48.4 Å². The van der Waals surface area contributed by atoms with E-state index in [9.17, 15) is 21.2 Å². The summed E-state index contributed by atoms with van der Waals surface area (Å²) in [4.78, 5) is 0.392. The third kappa shape index (κ3) is 7.65. The van der Waals surface area contributed by atoms with Gasteiger partial charge in [0.1, 0.15) is 5.82 Å². The molecule has 3 N–H and O–H groups in total. The van der Waals surface area contributed by atoms with Gasteiger partial charge in [-0.15, -0.1) is 0 Å². The molecule has 0 spiro atoms. The molecular weight excluding hydrogens is 619 g/mol. The Morgan fingerprint density at radius 1 is 0.591 bits per heavy atom. The highest BCUT2D eigenvalue weighted by molar-refractivity contribution is 7.89. The van der Waals surface area contributed by atoms with Gasteiger partial charge in [0.05, 0.1) is 9.79 Å². The lowest BCUT2D eigenvalue weighted by Crippen LogP contribution is -2.23. The SMILES string of the molecule is NS(=O)(=O)c1ccc(C2=C(c3ccc(F)cc3)CCC2)cc1.O=S(=O)(NC1=C(c2ccc(Cl)cc2)CCC1)c1ccccc1. The molecule has 0 bridgehead atoms. The highest BCUT2D eigenvalue weighted by Crippen LogP contribution is 2.40. The number of nitrogens with one attached hydrogen (secondary N) is 1. The first-order chi connectivity index (χ1) is 21.0. The van der Waals surface area contributed by atoms with Crippen LogP contribution in [-0.2, 0) is 20.0 Å². The zero-order valence-corrected chi connectivity index (χ0v) is 26.2. The summed E-state index contributed by atoms with van der Waals surface area (Å²) in [6.45, 7) is 0. The van der Waals surface area contributed by atoms with E-state index in [1.54, 1.807) is 54.6 Å². The predicted molar refractivity (Wildman–Crippen MR) is 174 cm³/mol. The highest BCUT2D eigenvalue weighted by atomic mass is 35.5. The fourth-order valence-electron chi connectivity index (χ4n) is 5.52. The smallest absolute Gasteiger partial charge is 0.261 e. The van der Waals surface area contributed by atoms with Crippen molar-refractivity contribution in [1.29, 1.82) is 0 Å². The van der Waals surface area contributed by atoms with E-state index in [1.807, 2.05) is 24.3 Å². The first-order valence-electron chi connectivity index (χ1n) is 14.2. The molecule has 0 amide bonds. The van der Waals surface area contributed by atoms with E-state index in [0.717, 1.165) is 66.5 Å². The van der Waals surface area contributed by atoms with Gasteiger partial charge in [-0.1, -0.05) is 66.2 Å². The quantitative estimate of drug-likeness (QED) is 0.213. The molecule has 0 atom stereocenters. The maximum absolute atomic E-state index is 13.1. The molecule has 0 fully saturated rings. The van der Waals surface area contributed by atoms with E-state index < -0.39 is 20.0 Å². The summed E-state index contributed by atoms with van der Waals surface area (Å²) in [5, 5.41) is 5.79. The van der Waals surface area contributed by atoms with Gasteiger partial charge in [-0.25, -0.2) is 26.4 Å². The molecule has 10 heteroatoms. The molecule has 2 aliphatic carbocycles. The minimum absolute atomic E-state index is 0.109. The lowest BCUT2D eigenvalue weighted by Gasteiger charge is -2.12. The predicted octanol–water partition coefficient (Wildman–Crippen LogP) is 7.78. The molecule has 0 radical (unpaired) electrons.